The zero-order valence-corrected chi connectivity index (χ0v) is 22.3. The number of carbonyl (C=O) groups excluding carboxylic acids is 4. The van der Waals surface area contributed by atoms with Crippen molar-refractivity contribution < 1.29 is 28.7 Å². The lowest BCUT2D eigenvalue weighted by atomic mass is 10.0. The van der Waals surface area contributed by atoms with Crippen molar-refractivity contribution in [3.05, 3.63) is 69.7 Å². The molecule has 12 heteroatoms. The Morgan fingerprint density at radius 2 is 1.76 bits per heavy atom. The molecule has 1 atom stereocenters. The van der Waals surface area contributed by atoms with E-state index in [1.165, 1.54) is 12.0 Å². The number of nitrogens with one attached hydrogen (secondary N) is 1. The van der Waals surface area contributed by atoms with Gasteiger partial charge in [0.25, 0.3) is 11.8 Å². The first-order chi connectivity index (χ1) is 18.1. The molecule has 1 aromatic heterocycles. The smallest absolute Gasteiger partial charge is 0.325 e. The van der Waals surface area contributed by atoms with Crippen molar-refractivity contribution in [2.24, 2.45) is 5.73 Å². The molecule has 200 valence electrons. The first-order valence-corrected chi connectivity index (χ1v) is 12.4. The number of anilines is 2. The van der Waals surface area contributed by atoms with Gasteiger partial charge in [0.1, 0.15) is 23.2 Å². The van der Waals surface area contributed by atoms with Gasteiger partial charge in [-0.2, -0.15) is 4.37 Å². The Labute approximate surface area is 223 Å². The summed E-state index contributed by atoms with van der Waals surface area (Å²) < 4.78 is 14.1. The number of rotatable bonds is 10. The summed E-state index contributed by atoms with van der Waals surface area (Å²) in [5, 5.41) is 2.56. The van der Waals surface area contributed by atoms with Gasteiger partial charge < -0.3 is 26.3 Å². The van der Waals surface area contributed by atoms with Crippen LogP contribution >= 0.6 is 11.5 Å². The Morgan fingerprint density at radius 1 is 1.08 bits per heavy atom. The molecule has 0 fully saturated rings. The molecule has 2 aromatic carbocycles. The molecule has 0 saturated carbocycles. The molecule has 0 bridgehead atoms. The van der Waals surface area contributed by atoms with Gasteiger partial charge in [0, 0.05) is 5.69 Å². The van der Waals surface area contributed by atoms with Crippen LogP contribution in [0.4, 0.5) is 11.4 Å². The topological polar surface area (TPSA) is 167 Å². The number of aromatic nitrogens is 1. The molecule has 0 aliphatic carbocycles. The zero-order valence-electron chi connectivity index (χ0n) is 21.4. The van der Waals surface area contributed by atoms with Crippen LogP contribution in [-0.2, 0) is 14.3 Å². The maximum absolute atomic E-state index is 14.0. The van der Waals surface area contributed by atoms with Crippen molar-refractivity contribution >= 4 is 46.6 Å². The number of aryl methyl sites for hydroxylation is 2. The molecule has 1 heterocycles. The minimum atomic E-state index is -1.25. The van der Waals surface area contributed by atoms with Gasteiger partial charge >= 0.3 is 5.97 Å². The number of nitrogens with zero attached hydrogens (tertiary/aromatic N) is 2. The van der Waals surface area contributed by atoms with Crippen LogP contribution in [0.25, 0.3) is 0 Å². The Bertz CT molecular complexity index is 1350. The van der Waals surface area contributed by atoms with Crippen LogP contribution in [0, 0.1) is 13.8 Å². The lowest BCUT2D eigenvalue weighted by molar-refractivity contribution is -0.143. The average molecular weight is 540 g/mol. The average Bonchev–Trinajstić information content (AvgIpc) is 3.29. The van der Waals surface area contributed by atoms with Gasteiger partial charge in [0.05, 0.1) is 19.4 Å². The molecular formula is C26H29N5O6S. The molecule has 0 radical (unpaired) electrons. The lowest BCUT2D eigenvalue weighted by Gasteiger charge is -2.31. The summed E-state index contributed by atoms with van der Waals surface area (Å²) in [5.74, 6) is -2.29. The minimum absolute atomic E-state index is 0.0614. The number of amides is 3. The van der Waals surface area contributed by atoms with E-state index >= 15 is 0 Å². The number of ether oxygens (including phenoxy) is 2. The van der Waals surface area contributed by atoms with Crippen LogP contribution < -0.4 is 26.4 Å². The van der Waals surface area contributed by atoms with Gasteiger partial charge in [-0.3, -0.25) is 24.1 Å². The second-order valence-electron chi connectivity index (χ2n) is 8.28. The number of hydrogen-bond acceptors (Lipinski definition) is 9. The first-order valence-electron chi connectivity index (χ1n) is 11.6. The maximum Gasteiger partial charge on any atom is 0.325 e. The summed E-state index contributed by atoms with van der Waals surface area (Å²) in [7, 11) is 1.51. The van der Waals surface area contributed by atoms with Crippen LogP contribution in [-0.4, -0.2) is 48.3 Å². The molecule has 0 aliphatic rings. The highest BCUT2D eigenvalue weighted by molar-refractivity contribution is 7.09. The van der Waals surface area contributed by atoms with Crippen molar-refractivity contribution in [3.8, 4) is 5.75 Å². The maximum atomic E-state index is 14.0. The Hall–Kier alpha value is -4.45. The van der Waals surface area contributed by atoms with Gasteiger partial charge in [-0.1, -0.05) is 18.2 Å². The van der Waals surface area contributed by atoms with Gasteiger partial charge in [0.2, 0.25) is 5.91 Å². The number of primary amides is 1. The Balaban J connectivity index is 2.19. The third kappa shape index (κ3) is 6.09. The molecule has 3 aromatic rings. The number of benzene rings is 2. The standard InChI is InChI=1S/C26H29N5O6S/c1-5-37-19(32)13-29-25(34)22(16-7-10-18(36-4)11-8-16)31(17-9-6-14(2)15(3)12-17)26(35)23-20(27)21(24(28)33)30-38-23/h6-12,22H,5,13,27H2,1-4H3,(H2,28,33)(H,29,34). The molecule has 5 N–H and O–H groups in total. The van der Waals surface area contributed by atoms with E-state index in [1.807, 2.05) is 19.9 Å². The number of nitrogen functional groups attached to an aromatic ring is 1. The third-order valence-electron chi connectivity index (χ3n) is 5.79. The SMILES string of the molecule is CCOC(=O)CNC(=O)C(c1ccc(OC)cc1)N(C(=O)c1snc(C(N)=O)c1N)c1ccc(C)c(C)c1. The van der Waals surface area contributed by atoms with E-state index in [0.29, 0.717) is 28.5 Å². The fourth-order valence-electron chi connectivity index (χ4n) is 3.67. The summed E-state index contributed by atoms with van der Waals surface area (Å²) in [6.45, 7) is 5.19. The molecule has 3 rings (SSSR count). The largest absolute Gasteiger partial charge is 0.497 e. The molecule has 0 spiro atoms. The van der Waals surface area contributed by atoms with Gasteiger partial charge in [0.15, 0.2) is 5.69 Å². The molecule has 38 heavy (non-hydrogen) atoms. The monoisotopic (exact) mass is 539 g/mol. The predicted molar refractivity (Wildman–Crippen MR) is 143 cm³/mol. The summed E-state index contributed by atoms with van der Waals surface area (Å²) in [4.78, 5) is 52.6. The molecule has 11 nitrogen and oxygen atoms in total. The summed E-state index contributed by atoms with van der Waals surface area (Å²) in [6, 6.07) is 10.6. The van der Waals surface area contributed by atoms with Crippen molar-refractivity contribution in [1.82, 2.24) is 9.69 Å². The van der Waals surface area contributed by atoms with E-state index < -0.39 is 36.3 Å². The Kier molecular flexibility index (Phi) is 9.02. The van der Waals surface area contributed by atoms with Gasteiger partial charge in [-0.25, -0.2) is 0 Å². The summed E-state index contributed by atoms with van der Waals surface area (Å²) in [6.07, 6.45) is 0. The second-order valence-corrected chi connectivity index (χ2v) is 9.05. The van der Waals surface area contributed by atoms with E-state index in [4.69, 9.17) is 20.9 Å². The van der Waals surface area contributed by atoms with Crippen molar-refractivity contribution in [3.63, 3.8) is 0 Å². The van der Waals surface area contributed by atoms with Crippen LogP contribution in [0.2, 0.25) is 0 Å². The van der Waals surface area contributed by atoms with Crippen LogP contribution in [0.1, 0.15) is 49.8 Å². The minimum Gasteiger partial charge on any atom is -0.497 e. The number of esters is 1. The lowest BCUT2D eigenvalue weighted by Crippen LogP contribution is -2.45. The van der Waals surface area contributed by atoms with E-state index in [-0.39, 0.29) is 22.9 Å². The highest BCUT2D eigenvalue weighted by atomic mass is 32.1. The first kappa shape index (κ1) is 28.1. The van der Waals surface area contributed by atoms with Crippen molar-refractivity contribution in [2.75, 3.05) is 30.9 Å². The molecule has 0 aliphatic heterocycles. The Morgan fingerprint density at radius 3 is 2.32 bits per heavy atom. The van der Waals surface area contributed by atoms with Crippen LogP contribution in [0.15, 0.2) is 42.5 Å². The van der Waals surface area contributed by atoms with E-state index in [0.717, 1.165) is 11.1 Å². The van der Waals surface area contributed by atoms with E-state index in [2.05, 4.69) is 9.69 Å². The number of carbonyl (C=O) groups is 4. The summed E-state index contributed by atoms with van der Waals surface area (Å²) >= 11 is 0.705. The summed E-state index contributed by atoms with van der Waals surface area (Å²) in [5.41, 5.74) is 13.7. The normalized spacial score (nSPS) is 11.4. The second kappa shape index (κ2) is 12.2. The fraction of sp³-hybridized carbons (Fsp3) is 0.269. The molecule has 0 saturated heterocycles. The van der Waals surface area contributed by atoms with Crippen molar-refractivity contribution in [2.45, 2.75) is 26.8 Å². The highest BCUT2D eigenvalue weighted by Gasteiger charge is 2.36. The number of hydrogen-bond donors (Lipinski definition) is 3. The highest BCUT2D eigenvalue weighted by Crippen LogP contribution is 2.34. The van der Waals surface area contributed by atoms with Gasteiger partial charge in [-0.15, -0.1) is 0 Å². The van der Waals surface area contributed by atoms with Crippen molar-refractivity contribution in [1.29, 1.82) is 0 Å². The van der Waals surface area contributed by atoms with Gasteiger partial charge in [-0.05, 0) is 73.3 Å². The van der Waals surface area contributed by atoms with E-state index in [9.17, 15) is 19.2 Å². The molecule has 1 unspecified atom stereocenters. The zero-order chi connectivity index (χ0) is 28.0. The predicted octanol–water partition coefficient (Wildman–Crippen LogP) is 2.52. The van der Waals surface area contributed by atoms with E-state index in [1.54, 1.807) is 43.3 Å². The quantitative estimate of drug-likeness (QED) is 0.330. The van der Waals surface area contributed by atoms with Crippen LogP contribution in [0.5, 0.6) is 5.75 Å². The fourth-order valence-corrected chi connectivity index (χ4v) is 4.41. The molecular weight excluding hydrogens is 510 g/mol. The number of methoxy groups -OCH3 is 1. The third-order valence-corrected chi connectivity index (χ3v) is 6.64. The van der Waals surface area contributed by atoms with Crippen LogP contribution in [0.3, 0.4) is 0 Å². The number of nitrogens with two attached hydrogens (primary N) is 2. The molecule has 3 amide bonds.